The number of hydrogen-bond donors (Lipinski definition) is 2. The van der Waals surface area contributed by atoms with Crippen LogP contribution in [0, 0.1) is 5.92 Å². The SMILES string of the molecule is CC(C)C(C)(Nc1nccn2cnnc12)C(N)=O. The molecule has 0 spiro atoms. The van der Waals surface area contributed by atoms with E-state index in [2.05, 4.69) is 20.5 Å². The number of rotatable bonds is 4. The largest absolute Gasteiger partial charge is 0.368 e. The van der Waals surface area contributed by atoms with E-state index in [1.54, 1.807) is 30.0 Å². The van der Waals surface area contributed by atoms with E-state index in [1.165, 1.54) is 0 Å². The fourth-order valence-electron chi connectivity index (χ4n) is 1.58. The molecule has 0 fully saturated rings. The first-order valence-corrected chi connectivity index (χ1v) is 5.67. The molecule has 7 nitrogen and oxygen atoms in total. The van der Waals surface area contributed by atoms with Gasteiger partial charge in [0.2, 0.25) is 11.6 Å². The third-order valence-electron chi connectivity index (χ3n) is 3.26. The number of nitrogens with two attached hydrogens (primary N) is 1. The fourth-order valence-corrected chi connectivity index (χ4v) is 1.58. The van der Waals surface area contributed by atoms with Crippen molar-refractivity contribution >= 4 is 17.4 Å². The number of carbonyl (C=O) groups excluding carboxylic acids is 1. The lowest BCUT2D eigenvalue weighted by atomic mass is 9.87. The van der Waals surface area contributed by atoms with E-state index in [0.717, 1.165) is 0 Å². The maximum Gasteiger partial charge on any atom is 0.243 e. The average Bonchev–Trinajstić information content (AvgIpc) is 2.77. The highest BCUT2D eigenvalue weighted by Crippen LogP contribution is 2.23. The average molecular weight is 248 g/mol. The van der Waals surface area contributed by atoms with E-state index < -0.39 is 11.4 Å². The Kier molecular flexibility index (Phi) is 2.90. The van der Waals surface area contributed by atoms with Crippen molar-refractivity contribution < 1.29 is 4.79 Å². The molecule has 96 valence electrons. The number of primary amides is 1. The lowest BCUT2D eigenvalue weighted by Crippen LogP contribution is -2.52. The van der Waals surface area contributed by atoms with Gasteiger partial charge in [0.05, 0.1) is 0 Å². The Hall–Kier alpha value is -2.18. The molecule has 0 saturated heterocycles. The van der Waals surface area contributed by atoms with Crippen LogP contribution in [0.2, 0.25) is 0 Å². The van der Waals surface area contributed by atoms with Gasteiger partial charge in [0.1, 0.15) is 11.9 Å². The first kappa shape index (κ1) is 12.3. The number of amides is 1. The highest BCUT2D eigenvalue weighted by atomic mass is 16.1. The van der Waals surface area contributed by atoms with Gasteiger partial charge in [0, 0.05) is 12.4 Å². The van der Waals surface area contributed by atoms with Gasteiger partial charge in [0.25, 0.3) is 0 Å². The zero-order valence-electron chi connectivity index (χ0n) is 10.6. The topological polar surface area (TPSA) is 98.2 Å². The van der Waals surface area contributed by atoms with Gasteiger partial charge in [-0.3, -0.25) is 9.20 Å². The number of carbonyl (C=O) groups is 1. The minimum absolute atomic E-state index is 0.0139. The van der Waals surface area contributed by atoms with Gasteiger partial charge in [-0.15, -0.1) is 10.2 Å². The minimum Gasteiger partial charge on any atom is -0.368 e. The zero-order valence-corrected chi connectivity index (χ0v) is 10.6. The van der Waals surface area contributed by atoms with Crippen LogP contribution < -0.4 is 11.1 Å². The zero-order chi connectivity index (χ0) is 13.3. The van der Waals surface area contributed by atoms with Gasteiger partial charge in [-0.1, -0.05) is 13.8 Å². The van der Waals surface area contributed by atoms with Crippen LogP contribution in [-0.2, 0) is 4.79 Å². The van der Waals surface area contributed by atoms with E-state index in [0.29, 0.717) is 11.5 Å². The molecule has 0 saturated carbocycles. The smallest absolute Gasteiger partial charge is 0.243 e. The van der Waals surface area contributed by atoms with Gasteiger partial charge in [-0.25, -0.2) is 4.98 Å². The van der Waals surface area contributed by atoms with Crippen molar-refractivity contribution in [2.45, 2.75) is 26.3 Å². The normalized spacial score (nSPS) is 14.7. The Morgan fingerprint density at radius 1 is 1.56 bits per heavy atom. The van der Waals surface area contributed by atoms with Crippen molar-refractivity contribution in [3.63, 3.8) is 0 Å². The predicted molar refractivity (Wildman–Crippen MR) is 66.8 cm³/mol. The number of anilines is 1. The number of nitrogens with one attached hydrogen (secondary N) is 1. The number of hydrogen-bond acceptors (Lipinski definition) is 5. The molecule has 0 bridgehead atoms. The molecule has 0 aromatic carbocycles. The Balaban J connectivity index is 2.44. The van der Waals surface area contributed by atoms with Gasteiger partial charge in [-0.05, 0) is 12.8 Å². The van der Waals surface area contributed by atoms with Crippen LogP contribution in [0.15, 0.2) is 18.7 Å². The summed E-state index contributed by atoms with van der Waals surface area (Å²) in [5.41, 5.74) is 5.14. The maximum atomic E-state index is 11.6. The van der Waals surface area contributed by atoms with Gasteiger partial charge in [0.15, 0.2) is 5.82 Å². The number of nitrogens with zero attached hydrogens (tertiary/aromatic N) is 4. The quantitative estimate of drug-likeness (QED) is 0.817. The third kappa shape index (κ3) is 1.87. The second-order valence-corrected chi connectivity index (χ2v) is 4.68. The summed E-state index contributed by atoms with van der Waals surface area (Å²) in [5, 5.41) is 10.8. The van der Waals surface area contributed by atoms with E-state index in [9.17, 15) is 4.79 Å². The van der Waals surface area contributed by atoms with Crippen LogP contribution in [0.25, 0.3) is 5.65 Å². The Bertz CT molecular complexity index is 578. The van der Waals surface area contributed by atoms with Crippen LogP contribution in [-0.4, -0.2) is 31.0 Å². The summed E-state index contributed by atoms with van der Waals surface area (Å²) in [5.74, 6) is 0.0748. The molecular weight excluding hydrogens is 232 g/mol. The first-order chi connectivity index (χ1) is 8.45. The summed E-state index contributed by atoms with van der Waals surface area (Å²) in [6.07, 6.45) is 4.91. The molecule has 1 atom stereocenters. The lowest BCUT2D eigenvalue weighted by Gasteiger charge is -2.31. The molecule has 2 rings (SSSR count). The number of aromatic nitrogens is 4. The van der Waals surface area contributed by atoms with Crippen molar-refractivity contribution in [3.8, 4) is 0 Å². The predicted octanol–water partition coefficient (Wildman–Crippen LogP) is 0.436. The van der Waals surface area contributed by atoms with Gasteiger partial charge >= 0.3 is 0 Å². The Labute approximate surface area is 104 Å². The van der Waals surface area contributed by atoms with E-state index >= 15 is 0 Å². The van der Waals surface area contributed by atoms with Crippen LogP contribution in [0.4, 0.5) is 5.82 Å². The summed E-state index contributed by atoms with van der Waals surface area (Å²) >= 11 is 0. The summed E-state index contributed by atoms with van der Waals surface area (Å²) < 4.78 is 1.72. The van der Waals surface area contributed by atoms with E-state index in [-0.39, 0.29) is 5.92 Å². The number of fused-ring (bicyclic) bond motifs is 1. The molecule has 0 aliphatic heterocycles. The van der Waals surface area contributed by atoms with Crippen LogP contribution in [0.5, 0.6) is 0 Å². The molecule has 1 unspecified atom stereocenters. The first-order valence-electron chi connectivity index (χ1n) is 5.67. The van der Waals surface area contributed by atoms with Crippen LogP contribution >= 0.6 is 0 Å². The Morgan fingerprint density at radius 2 is 2.28 bits per heavy atom. The Morgan fingerprint density at radius 3 is 2.89 bits per heavy atom. The molecule has 0 radical (unpaired) electrons. The van der Waals surface area contributed by atoms with Crippen molar-refractivity contribution in [1.29, 1.82) is 0 Å². The maximum absolute atomic E-state index is 11.6. The lowest BCUT2D eigenvalue weighted by molar-refractivity contribution is -0.123. The van der Waals surface area contributed by atoms with Gasteiger partial charge < -0.3 is 11.1 Å². The van der Waals surface area contributed by atoms with Crippen molar-refractivity contribution in [2.24, 2.45) is 11.7 Å². The second-order valence-electron chi connectivity index (χ2n) is 4.68. The third-order valence-corrected chi connectivity index (χ3v) is 3.26. The van der Waals surface area contributed by atoms with Crippen LogP contribution in [0.3, 0.4) is 0 Å². The van der Waals surface area contributed by atoms with Gasteiger partial charge in [-0.2, -0.15) is 0 Å². The molecule has 3 N–H and O–H groups in total. The highest BCUT2D eigenvalue weighted by Gasteiger charge is 2.35. The summed E-state index contributed by atoms with van der Waals surface area (Å²) in [7, 11) is 0. The summed E-state index contributed by atoms with van der Waals surface area (Å²) in [6, 6.07) is 0. The van der Waals surface area contributed by atoms with Crippen molar-refractivity contribution in [3.05, 3.63) is 18.7 Å². The van der Waals surface area contributed by atoms with Crippen LogP contribution in [0.1, 0.15) is 20.8 Å². The van der Waals surface area contributed by atoms with E-state index in [4.69, 9.17) is 5.73 Å². The highest BCUT2D eigenvalue weighted by molar-refractivity contribution is 5.88. The second kappa shape index (κ2) is 4.25. The molecule has 2 heterocycles. The molecule has 0 aliphatic carbocycles. The molecule has 18 heavy (non-hydrogen) atoms. The van der Waals surface area contributed by atoms with Crippen molar-refractivity contribution in [2.75, 3.05) is 5.32 Å². The molecular formula is C11H16N6O. The summed E-state index contributed by atoms with van der Waals surface area (Å²) in [6.45, 7) is 5.59. The molecule has 2 aromatic rings. The van der Waals surface area contributed by atoms with Crippen molar-refractivity contribution in [1.82, 2.24) is 19.6 Å². The monoisotopic (exact) mass is 248 g/mol. The standard InChI is InChI=1S/C11H16N6O/c1-7(2)11(3,10(12)18)15-8-9-16-14-6-17(9)5-4-13-8/h4-7H,1-3H3,(H2,12,18)(H,13,15). The molecule has 2 aromatic heterocycles. The summed E-state index contributed by atoms with van der Waals surface area (Å²) in [4.78, 5) is 15.8. The molecule has 0 aliphatic rings. The minimum atomic E-state index is -0.888. The molecule has 1 amide bonds. The van der Waals surface area contributed by atoms with E-state index in [1.807, 2.05) is 13.8 Å². The fraction of sp³-hybridized carbons (Fsp3) is 0.455. The molecule has 7 heteroatoms.